The van der Waals surface area contributed by atoms with Crippen LogP contribution < -0.4 is 14.8 Å². The molecule has 0 radical (unpaired) electrons. The van der Waals surface area contributed by atoms with Gasteiger partial charge in [0.1, 0.15) is 17.0 Å². The number of rotatable bonds is 12. The summed E-state index contributed by atoms with van der Waals surface area (Å²) in [7, 11) is 0. The highest BCUT2D eigenvalue weighted by molar-refractivity contribution is 14.1. The van der Waals surface area contributed by atoms with Gasteiger partial charge in [-0.3, -0.25) is 9.69 Å². The fraction of sp³-hybridized carbons (Fsp3) is 0.517. The van der Waals surface area contributed by atoms with E-state index < -0.39 is 41.0 Å². The average molecular weight is 730 g/mol. The molecule has 0 spiro atoms. The topological polar surface area (TPSA) is 88.1 Å². The number of hydrogen-bond acceptors (Lipinski definition) is 5. The Morgan fingerprint density at radius 3 is 2.16 bits per heavy atom. The van der Waals surface area contributed by atoms with E-state index >= 15 is 0 Å². The van der Waals surface area contributed by atoms with E-state index in [1.807, 2.05) is 13.8 Å². The van der Waals surface area contributed by atoms with E-state index in [1.54, 1.807) is 60.7 Å². The predicted octanol–water partition coefficient (Wildman–Crippen LogP) is 6.97. The van der Waals surface area contributed by atoms with Crippen molar-refractivity contribution in [3.05, 3.63) is 56.7 Å². The van der Waals surface area contributed by atoms with Crippen molar-refractivity contribution in [1.82, 2.24) is 10.2 Å². The summed E-state index contributed by atoms with van der Waals surface area (Å²) in [6, 6.07) is 7.58. The fourth-order valence-electron chi connectivity index (χ4n) is 4.74. The van der Waals surface area contributed by atoms with Crippen LogP contribution in [0.3, 0.4) is 0 Å². The number of alkyl halides is 6. The van der Waals surface area contributed by atoms with Crippen LogP contribution in [0.25, 0.3) is 0 Å². The molecule has 1 fully saturated rings. The Bertz CT molecular complexity index is 1300. The minimum atomic E-state index is -6.00. The van der Waals surface area contributed by atoms with Crippen LogP contribution in [0.15, 0.2) is 36.4 Å². The fourth-order valence-corrected chi connectivity index (χ4v) is 5.58. The van der Waals surface area contributed by atoms with E-state index in [0.29, 0.717) is 42.7 Å². The molecule has 0 aromatic heterocycles. The number of amides is 3. The summed E-state index contributed by atoms with van der Waals surface area (Å²) in [6.07, 6.45) is -10.9. The van der Waals surface area contributed by atoms with Gasteiger partial charge in [0.15, 0.2) is 0 Å². The van der Waals surface area contributed by atoms with Crippen LogP contribution in [0.5, 0.6) is 11.5 Å². The molecular weight excluding hydrogens is 697 g/mol. The zero-order chi connectivity index (χ0) is 32.4. The lowest BCUT2D eigenvalue weighted by molar-refractivity contribution is -0.376. The lowest BCUT2D eigenvalue weighted by atomic mass is 9.90. The highest BCUT2D eigenvalue weighted by atomic mass is 127. The van der Waals surface area contributed by atoms with Gasteiger partial charge in [-0.1, -0.05) is 25.5 Å². The highest BCUT2D eigenvalue weighted by Crippen LogP contribution is 2.51. The largest absolute Gasteiger partial charge is 0.492 e. The molecule has 1 aliphatic heterocycles. The van der Waals surface area contributed by atoms with E-state index in [0.717, 1.165) is 4.90 Å². The first-order chi connectivity index (χ1) is 19.9. The molecule has 1 heterocycles. The maximum Gasteiger partial charge on any atom is 0.430 e. The number of halogens is 7. The molecule has 2 aromatic rings. The molecule has 14 heteroatoms. The molecule has 1 aliphatic rings. The standard InChI is InChI=1S/C29H33F6IN2O5/c1-5-8-18-15-20(27(41,28(30,31)32)29(33,34)35)16-22(36)23(18)42-14-7-6-13-38-24(39)26(4,37-25(38)40)19-9-11-21(12-10-19)43-17(2)3/h9-12,15-17,41H,5-8,13-14H2,1-4H3,(H,37,40). The number of hydrogen-bond donors (Lipinski definition) is 2. The number of carbonyl (C=O) groups is 2. The Hall–Kier alpha value is -2.75. The molecule has 1 saturated heterocycles. The van der Waals surface area contributed by atoms with E-state index in [9.17, 15) is 41.0 Å². The second-order valence-electron chi connectivity index (χ2n) is 10.7. The molecule has 1 atom stereocenters. The highest BCUT2D eigenvalue weighted by Gasteiger charge is 2.71. The summed E-state index contributed by atoms with van der Waals surface area (Å²) < 4.78 is 92.0. The normalized spacial score (nSPS) is 17.9. The number of carbonyl (C=O) groups excluding carboxylic acids is 2. The molecule has 0 saturated carbocycles. The number of ether oxygens (including phenoxy) is 2. The molecule has 1 unspecified atom stereocenters. The zero-order valence-electron chi connectivity index (χ0n) is 24.0. The van der Waals surface area contributed by atoms with Crippen LogP contribution in [0.2, 0.25) is 0 Å². The molecule has 238 valence electrons. The van der Waals surface area contributed by atoms with Gasteiger partial charge in [-0.25, -0.2) is 4.79 Å². The number of aryl methyl sites for hydroxylation is 1. The number of unbranched alkanes of at least 4 members (excludes halogenated alkanes) is 1. The van der Waals surface area contributed by atoms with E-state index in [4.69, 9.17) is 9.47 Å². The monoisotopic (exact) mass is 730 g/mol. The van der Waals surface area contributed by atoms with E-state index in [2.05, 4.69) is 5.32 Å². The van der Waals surface area contributed by atoms with Crippen LogP contribution in [0.1, 0.15) is 63.6 Å². The van der Waals surface area contributed by atoms with Gasteiger partial charge in [-0.2, -0.15) is 26.3 Å². The van der Waals surface area contributed by atoms with Gasteiger partial charge in [-0.05, 0) is 98.0 Å². The quantitative estimate of drug-likeness (QED) is 0.107. The van der Waals surface area contributed by atoms with Gasteiger partial charge in [0.05, 0.1) is 16.3 Å². The maximum absolute atomic E-state index is 13.4. The Kier molecular flexibility index (Phi) is 10.6. The zero-order valence-corrected chi connectivity index (χ0v) is 26.1. The van der Waals surface area contributed by atoms with Crippen LogP contribution in [-0.2, 0) is 22.4 Å². The van der Waals surface area contributed by atoms with Crippen LogP contribution in [0, 0.1) is 3.57 Å². The third-order valence-electron chi connectivity index (χ3n) is 6.98. The van der Waals surface area contributed by atoms with Crippen molar-refractivity contribution in [2.24, 2.45) is 0 Å². The number of nitrogens with zero attached hydrogens (tertiary/aromatic N) is 1. The molecule has 2 N–H and O–H groups in total. The number of benzene rings is 2. The Labute approximate surface area is 259 Å². The molecule has 43 heavy (non-hydrogen) atoms. The summed E-state index contributed by atoms with van der Waals surface area (Å²) in [6.45, 7) is 7.16. The summed E-state index contributed by atoms with van der Waals surface area (Å²) in [5.41, 5.74) is -6.98. The average Bonchev–Trinajstić information content (AvgIpc) is 3.11. The van der Waals surface area contributed by atoms with Crippen molar-refractivity contribution in [3.8, 4) is 11.5 Å². The van der Waals surface area contributed by atoms with Gasteiger partial charge in [0.2, 0.25) is 0 Å². The Morgan fingerprint density at radius 2 is 1.63 bits per heavy atom. The van der Waals surface area contributed by atoms with Crippen LogP contribution >= 0.6 is 22.6 Å². The Balaban J connectivity index is 1.67. The van der Waals surface area contributed by atoms with Crippen molar-refractivity contribution in [1.29, 1.82) is 0 Å². The number of aliphatic hydroxyl groups is 1. The second kappa shape index (κ2) is 13.1. The summed E-state index contributed by atoms with van der Waals surface area (Å²) in [5, 5.41) is 12.6. The van der Waals surface area contributed by atoms with Crippen molar-refractivity contribution in [2.75, 3.05) is 13.2 Å². The van der Waals surface area contributed by atoms with Gasteiger partial charge in [-0.15, -0.1) is 0 Å². The number of imide groups is 1. The first-order valence-corrected chi connectivity index (χ1v) is 14.7. The van der Waals surface area contributed by atoms with Crippen LogP contribution in [0.4, 0.5) is 31.1 Å². The second-order valence-corrected chi connectivity index (χ2v) is 11.8. The third-order valence-corrected chi connectivity index (χ3v) is 7.78. The molecule has 0 aliphatic carbocycles. The first kappa shape index (κ1) is 34.7. The maximum atomic E-state index is 13.4. The van der Waals surface area contributed by atoms with Gasteiger partial charge in [0, 0.05) is 12.1 Å². The molecular formula is C29H33F6IN2O5. The molecule has 7 nitrogen and oxygen atoms in total. The Morgan fingerprint density at radius 1 is 1.02 bits per heavy atom. The molecule has 0 bridgehead atoms. The SMILES string of the molecule is CCCc1cc(C(O)(C(F)(F)F)C(F)(F)F)cc(I)c1OCCCCN1C(=O)NC(C)(c2ccc(OC(C)C)cc2)C1=O. The lowest BCUT2D eigenvalue weighted by Gasteiger charge is -2.33. The van der Waals surface area contributed by atoms with Crippen LogP contribution in [-0.4, -0.2) is 53.6 Å². The number of urea groups is 1. The van der Waals surface area contributed by atoms with Gasteiger partial charge in [0.25, 0.3) is 11.5 Å². The van der Waals surface area contributed by atoms with Crippen molar-refractivity contribution in [2.45, 2.75) is 83.0 Å². The lowest BCUT2D eigenvalue weighted by Crippen LogP contribution is -2.54. The van der Waals surface area contributed by atoms with Gasteiger partial charge < -0.3 is 19.9 Å². The summed E-state index contributed by atoms with van der Waals surface area (Å²) in [5.74, 6) is 0.303. The minimum absolute atomic E-state index is 0.0209. The molecule has 3 amide bonds. The van der Waals surface area contributed by atoms with Gasteiger partial charge >= 0.3 is 18.4 Å². The first-order valence-electron chi connectivity index (χ1n) is 13.6. The van der Waals surface area contributed by atoms with Crippen molar-refractivity contribution < 1.29 is 50.5 Å². The van der Waals surface area contributed by atoms with E-state index in [1.165, 1.54) is 0 Å². The van der Waals surface area contributed by atoms with Crippen molar-refractivity contribution in [3.63, 3.8) is 0 Å². The minimum Gasteiger partial charge on any atom is -0.492 e. The molecule has 2 aromatic carbocycles. The van der Waals surface area contributed by atoms with E-state index in [-0.39, 0.29) is 40.6 Å². The summed E-state index contributed by atoms with van der Waals surface area (Å²) >= 11 is 1.58. The smallest absolute Gasteiger partial charge is 0.430 e. The predicted molar refractivity (Wildman–Crippen MR) is 154 cm³/mol. The van der Waals surface area contributed by atoms with Crippen molar-refractivity contribution >= 4 is 34.5 Å². The molecule has 3 rings (SSSR count). The number of nitrogens with one attached hydrogen (secondary N) is 1. The summed E-state index contributed by atoms with van der Waals surface area (Å²) in [4.78, 5) is 26.9. The third kappa shape index (κ3) is 7.15.